The van der Waals surface area contributed by atoms with E-state index in [1.165, 1.54) is 27.8 Å². The van der Waals surface area contributed by atoms with Crippen LogP contribution in [0.4, 0.5) is 0 Å². The van der Waals surface area contributed by atoms with Crippen LogP contribution in [0, 0.1) is 0 Å². The molecule has 30 heavy (non-hydrogen) atoms. The second-order valence-corrected chi connectivity index (χ2v) is 10.3. The maximum absolute atomic E-state index is 12.6. The molecule has 4 rings (SSSR count). The number of aromatic nitrogens is 2. The number of hydrogen-bond acceptors (Lipinski definition) is 7. The summed E-state index contributed by atoms with van der Waals surface area (Å²) in [5, 5.41) is 4.94. The maximum atomic E-state index is 12.6. The Morgan fingerprint density at radius 2 is 1.87 bits per heavy atom. The SMILES string of the molecule is O=C(CSc1ncnc2sccc12)N1CCN(S(=O)(=O)/C=C/c2ccccc2)CC1. The van der Waals surface area contributed by atoms with E-state index in [9.17, 15) is 13.2 Å². The first-order chi connectivity index (χ1) is 14.5. The van der Waals surface area contributed by atoms with Crippen LogP contribution in [-0.2, 0) is 14.8 Å². The number of fused-ring (bicyclic) bond motifs is 1. The molecule has 1 aliphatic rings. The van der Waals surface area contributed by atoms with Gasteiger partial charge in [0.05, 0.1) is 5.75 Å². The Bertz CT molecular complexity index is 1150. The van der Waals surface area contributed by atoms with E-state index in [4.69, 9.17) is 0 Å². The van der Waals surface area contributed by atoms with E-state index >= 15 is 0 Å². The largest absolute Gasteiger partial charge is 0.339 e. The van der Waals surface area contributed by atoms with E-state index in [2.05, 4.69) is 9.97 Å². The van der Waals surface area contributed by atoms with Gasteiger partial charge in [0.2, 0.25) is 15.9 Å². The van der Waals surface area contributed by atoms with E-state index in [0.717, 1.165) is 20.8 Å². The molecule has 1 fully saturated rings. The van der Waals surface area contributed by atoms with Gasteiger partial charge in [-0.3, -0.25) is 4.79 Å². The van der Waals surface area contributed by atoms with Gasteiger partial charge in [-0.15, -0.1) is 11.3 Å². The second-order valence-electron chi connectivity index (χ2n) is 6.65. The van der Waals surface area contributed by atoms with Gasteiger partial charge in [-0.2, -0.15) is 4.31 Å². The van der Waals surface area contributed by atoms with Gasteiger partial charge in [0, 0.05) is 37.0 Å². The highest BCUT2D eigenvalue weighted by molar-refractivity contribution is 8.00. The summed E-state index contributed by atoms with van der Waals surface area (Å²) in [5.41, 5.74) is 0.830. The van der Waals surface area contributed by atoms with Crippen molar-refractivity contribution < 1.29 is 13.2 Å². The number of benzene rings is 1. The smallest absolute Gasteiger partial charge is 0.236 e. The minimum absolute atomic E-state index is 0.0149. The molecule has 7 nitrogen and oxygen atoms in total. The molecule has 1 amide bonds. The fourth-order valence-corrected chi connectivity index (χ4v) is 5.97. The first kappa shape index (κ1) is 21.0. The van der Waals surface area contributed by atoms with Gasteiger partial charge in [0.15, 0.2) is 0 Å². The maximum Gasteiger partial charge on any atom is 0.236 e. The van der Waals surface area contributed by atoms with Crippen LogP contribution in [0.25, 0.3) is 16.3 Å². The number of piperazine rings is 1. The van der Waals surface area contributed by atoms with Crippen molar-refractivity contribution in [2.75, 3.05) is 31.9 Å². The molecular formula is C20H20N4O3S3. The molecule has 0 spiro atoms. The van der Waals surface area contributed by atoms with Gasteiger partial charge in [-0.05, 0) is 23.1 Å². The third kappa shape index (κ3) is 4.89. The van der Waals surface area contributed by atoms with Crippen LogP contribution in [-0.4, -0.2) is 65.4 Å². The standard InChI is InChI=1S/C20H20N4O3S3/c25-18(14-29-20-17-6-12-28-19(17)21-15-22-20)23-8-10-24(11-9-23)30(26,27)13-7-16-4-2-1-3-5-16/h1-7,12-13,15H,8-11,14H2/b13-7+. The highest BCUT2D eigenvalue weighted by Gasteiger charge is 2.27. The van der Waals surface area contributed by atoms with E-state index in [1.54, 1.807) is 22.3 Å². The fraction of sp³-hybridized carbons (Fsp3) is 0.250. The van der Waals surface area contributed by atoms with Gasteiger partial charge < -0.3 is 4.90 Å². The summed E-state index contributed by atoms with van der Waals surface area (Å²) in [6, 6.07) is 11.3. The molecule has 3 heterocycles. The van der Waals surface area contributed by atoms with Crippen LogP contribution in [0.15, 0.2) is 58.5 Å². The molecule has 156 valence electrons. The number of nitrogens with zero attached hydrogens (tertiary/aromatic N) is 4. The molecule has 0 aliphatic carbocycles. The van der Waals surface area contributed by atoms with Crippen molar-refractivity contribution in [2.24, 2.45) is 0 Å². The van der Waals surface area contributed by atoms with Gasteiger partial charge in [0.25, 0.3) is 0 Å². The first-order valence-corrected chi connectivity index (χ1v) is 12.7. The van der Waals surface area contributed by atoms with Gasteiger partial charge in [0.1, 0.15) is 16.2 Å². The Morgan fingerprint density at radius 3 is 2.63 bits per heavy atom. The van der Waals surface area contributed by atoms with Crippen LogP contribution in [0.1, 0.15) is 5.56 Å². The second kappa shape index (κ2) is 9.25. The summed E-state index contributed by atoms with van der Waals surface area (Å²) in [7, 11) is -3.51. The number of carbonyl (C=O) groups is 1. The van der Waals surface area contributed by atoms with Crippen LogP contribution in [0.5, 0.6) is 0 Å². The normalized spacial score (nSPS) is 15.8. The molecule has 3 aromatic rings. The molecule has 0 N–H and O–H groups in total. The first-order valence-electron chi connectivity index (χ1n) is 9.35. The molecule has 0 saturated carbocycles. The van der Waals surface area contributed by atoms with Crippen molar-refractivity contribution in [1.82, 2.24) is 19.2 Å². The zero-order valence-electron chi connectivity index (χ0n) is 16.0. The van der Waals surface area contributed by atoms with Crippen molar-refractivity contribution in [3.8, 4) is 0 Å². The monoisotopic (exact) mass is 460 g/mol. The number of sulfonamides is 1. The summed E-state index contributed by atoms with van der Waals surface area (Å²) in [6.07, 6.45) is 3.11. The predicted molar refractivity (Wildman–Crippen MR) is 121 cm³/mol. The molecular weight excluding hydrogens is 440 g/mol. The summed E-state index contributed by atoms with van der Waals surface area (Å²) >= 11 is 2.93. The molecule has 2 aromatic heterocycles. The zero-order chi connectivity index (χ0) is 21.0. The van der Waals surface area contributed by atoms with Gasteiger partial charge in [-0.25, -0.2) is 18.4 Å². The Hall–Kier alpha value is -2.27. The number of hydrogen-bond donors (Lipinski definition) is 0. The van der Waals surface area contributed by atoms with E-state index in [0.29, 0.717) is 26.2 Å². The van der Waals surface area contributed by atoms with Gasteiger partial charge >= 0.3 is 0 Å². The number of amides is 1. The predicted octanol–water partition coefficient (Wildman–Crippen LogP) is 2.93. The van der Waals surface area contributed by atoms with E-state index in [1.807, 2.05) is 41.8 Å². The molecule has 1 aliphatic heterocycles. The lowest BCUT2D eigenvalue weighted by molar-refractivity contribution is -0.129. The third-order valence-corrected chi connectivity index (χ3v) is 8.12. The fourth-order valence-electron chi connectivity index (χ4n) is 3.11. The molecule has 1 saturated heterocycles. The van der Waals surface area contributed by atoms with Crippen molar-refractivity contribution in [2.45, 2.75) is 5.03 Å². The summed E-state index contributed by atoms with van der Waals surface area (Å²) in [6.45, 7) is 1.35. The van der Waals surface area contributed by atoms with Crippen LogP contribution in [0.3, 0.4) is 0 Å². The minimum atomic E-state index is -3.51. The van der Waals surface area contributed by atoms with Crippen LogP contribution >= 0.6 is 23.1 Å². The average molecular weight is 461 g/mol. The summed E-state index contributed by atoms with van der Waals surface area (Å²) in [5.74, 6) is 0.252. The number of thioether (sulfide) groups is 1. The molecule has 10 heteroatoms. The summed E-state index contributed by atoms with van der Waals surface area (Å²) in [4.78, 5) is 23.7. The molecule has 0 radical (unpaired) electrons. The van der Waals surface area contributed by atoms with E-state index < -0.39 is 10.0 Å². The third-order valence-electron chi connectivity index (χ3n) is 4.74. The molecule has 1 aromatic carbocycles. The average Bonchev–Trinajstić information content (AvgIpc) is 3.26. The quantitative estimate of drug-likeness (QED) is 0.415. The lowest BCUT2D eigenvalue weighted by Gasteiger charge is -2.33. The Labute approximate surface area is 183 Å². The zero-order valence-corrected chi connectivity index (χ0v) is 18.5. The Balaban J connectivity index is 1.31. The topological polar surface area (TPSA) is 83.5 Å². The van der Waals surface area contributed by atoms with Crippen molar-refractivity contribution in [3.05, 3.63) is 59.1 Å². The highest BCUT2D eigenvalue weighted by Crippen LogP contribution is 2.27. The number of thiophene rings is 1. The molecule has 0 unspecified atom stereocenters. The van der Waals surface area contributed by atoms with Gasteiger partial charge in [-0.1, -0.05) is 42.1 Å². The molecule has 0 bridgehead atoms. The van der Waals surface area contributed by atoms with Crippen molar-refractivity contribution >= 4 is 55.3 Å². The lowest BCUT2D eigenvalue weighted by atomic mass is 10.2. The van der Waals surface area contributed by atoms with Crippen LogP contribution in [0.2, 0.25) is 0 Å². The minimum Gasteiger partial charge on any atom is -0.339 e. The number of rotatable bonds is 6. The lowest BCUT2D eigenvalue weighted by Crippen LogP contribution is -2.50. The van der Waals surface area contributed by atoms with E-state index in [-0.39, 0.29) is 11.7 Å². The van der Waals surface area contributed by atoms with Crippen molar-refractivity contribution in [3.63, 3.8) is 0 Å². The van der Waals surface area contributed by atoms with Crippen molar-refractivity contribution in [1.29, 1.82) is 0 Å². The van der Waals surface area contributed by atoms with Crippen LogP contribution < -0.4 is 0 Å². The summed E-state index contributed by atoms with van der Waals surface area (Å²) < 4.78 is 26.5. The molecule has 0 atom stereocenters. The Morgan fingerprint density at radius 1 is 1.10 bits per heavy atom. The number of carbonyl (C=O) groups excluding carboxylic acids is 1. The highest BCUT2D eigenvalue weighted by atomic mass is 32.2. The Kier molecular flexibility index (Phi) is 6.47.